The van der Waals surface area contributed by atoms with E-state index in [1.165, 1.54) is 0 Å². The minimum absolute atomic E-state index is 0.224. The summed E-state index contributed by atoms with van der Waals surface area (Å²) in [4.78, 5) is 2.98. The summed E-state index contributed by atoms with van der Waals surface area (Å²) in [5, 5.41) is 9.39. The highest BCUT2D eigenvalue weighted by atomic mass is 28.4. The first-order valence-corrected chi connectivity index (χ1v) is 8.13. The fourth-order valence-electron chi connectivity index (χ4n) is 0.986. The molecule has 0 aliphatic rings. The molecule has 0 fully saturated rings. The number of rotatable bonds is 3. The second-order valence-electron chi connectivity index (χ2n) is 5.43. The Morgan fingerprint density at radius 3 is 2.40 bits per heavy atom. The van der Waals surface area contributed by atoms with Gasteiger partial charge in [0.15, 0.2) is 8.32 Å². The van der Waals surface area contributed by atoms with E-state index in [1.807, 2.05) is 0 Å². The van der Waals surface area contributed by atoms with Crippen LogP contribution < -0.4 is 0 Å². The van der Waals surface area contributed by atoms with Crippen molar-refractivity contribution >= 4 is 8.32 Å². The van der Waals surface area contributed by atoms with Crippen LogP contribution in [0.5, 0.6) is 5.75 Å². The summed E-state index contributed by atoms with van der Waals surface area (Å²) in [6.07, 6.45) is 1.57. The van der Waals surface area contributed by atoms with Crippen molar-refractivity contribution in [1.29, 1.82) is 0 Å². The largest absolute Gasteiger partial charge is 0.506 e. The van der Waals surface area contributed by atoms with Crippen LogP contribution in [0.1, 0.15) is 26.5 Å². The maximum atomic E-state index is 9.17. The minimum Gasteiger partial charge on any atom is -0.506 e. The van der Waals surface area contributed by atoms with Crippen LogP contribution in [0, 0.1) is 0 Å². The van der Waals surface area contributed by atoms with Crippen LogP contribution in [0.15, 0.2) is 12.3 Å². The molecule has 4 heteroatoms. The quantitative estimate of drug-likeness (QED) is 0.779. The predicted molar refractivity (Wildman–Crippen MR) is 64.4 cm³/mol. The van der Waals surface area contributed by atoms with Crippen LogP contribution in [0.25, 0.3) is 0 Å². The van der Waals surface area contributed by atoms with Gasteiger partial charge in [-0.3, -0.25) is 0 Å². The Morgan fingerprint density at radius 1 is 1.40 bits per heavy atom. The predicted octanol–water partition coefficient (Wildman–Crippen LogP) is 3.24. The molecule has 1 rings (SSSR count). The molecule has 2 N–H and O–H groups in total. The SMILES string of the molecule is CC(C)(C)[Si](C)(C)OCc1cc(O)c[nH]1. The van der Waals surface area contributed by atoms with E-state index in [2.05, 4.69) is 38.8 Å². The zero-order chi connectivity index (χ0) is 11.7. The second kappa shape index (κ2) is 4.02. The lowest BCUT2D eigenvalue weighted by Crippen LogP contribution is -2.40. The Labute approximate surface area is 92.6 Å². The second-order valence-corrected chi connectivity index (χ2v) is 10.2. The number of aromatic nitrogens is 1. The fourth-order valence-corrected chi connectivity index (χ4v) is 1.94. The van der Waals surface area contributed by atoms with E-state index >= 15 is 0 Å². The molecule has 1 aromatic rings. The zero-order valence-electron chi connectivity index (χ0n) is 10.2. The van der Waals surface area contributed by atoms with Gasteiger partial charge in [-0.15, -0.1) is 0 Å². The Balaban J connectivity index is 2.57. The Morgan fingerprint density at radius 2 is 2.00 bits per heavy atom. The van der Waals surface area contributed by atoms with Crippen LogP contribution in [-0.2, 0) is 11.0 Å². The summed E-state index contributed by atoms with van der Waals surface area (Å²) < 4.78 is 5.99. The number of aromatic hydroxyl groups is 1. The van der Waals surface area contributed by atoms with Crippen molar-refractivity contribution < 1.29 is 9.53 Å². The lowest BCUT2D eigenvalue weighted by atomic mass is 10.2. The van der Waals surface area contributed by atoms with Gasteiger partial charge < -0.3 is 14.5 Å². The molecule has 86 valence electrons. The first-order chi connectivity index (χ1) is 6.72. The highest BCUT2D eigenvalue weighted by Crippen LogP contribution is 2.37. The van der Waals surface area contributed by atoms with E-state index < -0.39 is 8.32 Å². The molecule has 0 spiro atoms. The Hall–Kier alpha value is -0.743. The molecular formula is C11H21NO2Si. The average molecular weight is 227 g/mol. The first-order valence-electron chi connectivity index (χ1n) is 5.22. The van der Waals surface area contributed by atoms with Crippen molar-refractivity contribution in [2.45, 2.75) is 45.5 Å². The summed E-state index contributed by atoms with van der Waals surface area (Å²) >= 11 is 0. The van der Waals surface area contributed by atoms with Crippen molar-refractivity contribution in [2.75, 3.05) is 0 Å². The van der Waals surface area contributed by atoms with Crippen LogP contribution in [-0.4, -0.2) is 18.4 Å². The van der Waals surface area contributed by atoms with Gasteiger partial charge in [0.25, 0.3) is 0 Å². The van der Waals surface area contributed by atoms with Gasteiger partial charge in [0, 0.05) is 18.0 Å². The monoisotopic (exact) mass is 227 g/mol. The van der Waals surface area contributed by atoms with Crippen molar-refractivity contribution in [3.63, 3.8) is 0 Å². The number of nitrogens with one attached hydrogen (secondary N) is 1. The highest BCUT2D eigenvalue weighted by molar-refractivity contribution is 6.74. The number of aromatic amines is 1. The number of H-pyrrole nitrogens is 1. The fraction of sp³-hybridized carbons (Fsp3) is 0.636. The summed E-state index contributed by atoms with van der Waals surface area (Å²) in [5.74, 6) is 0.267. The molecule has 0 saturated heterocycles. The summed E-state index contributed by atoms with van der Waals surface area (Å²) in [6, 6.07) is 1.70. The van der Waals surface area contributed by atoms with E-state index in [0.29, 0.717) is 6.61 Å². The van der Waals surface area contributed by atoms with Crippen LogP contribution >= 0.6 is 0 Å². The van der Waals surface area contributed by atoms with E-state index in [-0.39, 0.29) is 10.8 Å². The molecule has 0 bridgehead atoms. The zero-order valence-corrected chi connectivity index (χ0v) is 11.2. The molecule has 0 saturated carbocycles. The molecule has 0 unspecified atom stereocenters. The van der Waals surface area contributed by atoms with Crippen molar-refractivity contribution in [2.24, 2.45) is 0 Å². The molecule has 0 amide bonds. The molecular weight excluding hydrogens is 206 g/mol. The third kappa shape index (κ3) is 3.11. The molecule has 0 radical (unpaired) electrons. The van der Waals surface area contributed by atoms with Gasteiger partial charge in [0.1, 0.15) is 5.75 Å². The average Bonchev–Trinajstić information content (AvgIpc) is 2.46. The van der Waals surface area contributed by atoms with E-state index in [0.717, 1.165) is 5.69 Å². The smallest absolute Gasteiger partial charge is 0.192 e. The summed E-state index contributed by atoms with van der Waals surface area (Å²) in [6.45, 7) is 11.6. The van der Waals surface area contributed by atoms with E-state index in [1.54, 1.807) is 12.3 Å². The minimum atomic E-state index is -1.68. The molecule has 15 heavy (non-hydrogen) atoms. The van der Waals surface area contributed by atoms with E-state index in [4.69, 9.17) is 9.53 Å². The van der Waals surface area contributed by atoms with Crippen LogP contribution in [0.2, 0.25) is 18.1 Å². The third-order valence-electron chi connectivity index (χ3n) is 3.12. The molecule has 0 aromatic carbocycles. The maximum absolute atomic E-state index is 9.17. The van der Waals surface area contributed by atoms with Crippen molar-refractivity contribution in [1.82, 2.24) is 4.98 Å². The molecule has 1 aromatic heterocycles. The lowest BCUT2D eigenvalue weighted by Gasteiger charge is -2.35. The lowest BCUT2D eigenvalue weighted by molar-refractivity contribution is 0.272. The van der Waals surface area contributed by atoms with Gasteiger partial charge in [0.05, 0.1) is 6.61 Å². The highest BCUT2D eigenvalue weighted by Gasteiger charge is 2.37. The summed E-state index contributed by atoms with van der Waals surface area (Å²) in [7, 11) is -1.68. The van der Waals surface area contributed by atoms with Gasteiger partial charge in [-0.1, -0.05) is 20.8 Å². The Bertz CT molecular complexity index is 326. The first kappa shape index (κ1) is 12.3. The number of hydrogen-bond donors (Lipinski definition) is 2. The normalized spacial score (nSPS) is 13.1. The molecule has 3 nitrogen and oxygen atoms in total. The molecule has 0 aliphatic carbocycles. The Kier molecular flexibility index (Phi) is 3.30. The van der Waals surface area contributed by atoms with Crippen LogP contribution in [0.3, 0.4) is 0 Å². The van der Waals surface area contributed by atoms with Gasteiger partial charge in [-0.2, -0.15) is 0 Å². The van der Waals surface area contributed by atoms with Crippen molar-refractivity contribution in [3.05, 3.63) is 18.0 Å². The van der Waals surface area contributed by atoms with Crippen LogP contribution in [0.4, 0.5) is 0 Å². The maximum Gasteiger partial charge on any atom is 0.192 e. The van der Waals surface area contributed by atoms with E-state index in [9.17, 15) is 0 Å². The summed E-state index contributed by atoms with van der Waals surface area (Å²) in [5.41, 5.74) is 0.928. The van der Waals surface area contributed by atoms with Crippen molar-refractivity contribution in [3.8, 4) is 5.75 Å². The molecule has 0 aliphatic heterocycles. The number of hydrogen-bond acceptors (Lipinski definition) is 2. The molecule has 1 heterocycles. The van der Waals surface area contributed by atoms with Gasteiger partial charge in [0.2, 0.25) is 0 Å². The van der Waals surface area contributed by atoms with Gasteiger partial charge in [-0.25, -0.2) is 0 Å². The third-order valence-corrected chi connectivity index (χ3v) is 7.60. The van der Waals surface area contributed by atoms with Gasteiger partial charge >= 0.3 is 0 Å². The topological polar surface area (TPSA) is 45.2 Å². The van der Waals surface area contributed by atoms with Gasteiger partial charge in [-0.05, 0) is 18.1 Å². The standard InChI is InChI=1S/C11H21NO2Si/c1-11(2,3)15(4,5)14-8-9-6-10(13)7-12-9/h6-7,12-13H,8H2,1-5H3. The molecule has 0 atom stereocenters.